The molecule has 3 aromatic rings. The quantitative estimate of drug-likeness (QED) is 0.516. The van der Waals surface area contributed by atoms with E-state index in [1.54, 1.807) is 48.5 Å². The van der Waals surface area contributed by atoms with E-state index in [-0.39, 0.29) is 11.8 Å². The van der Waals surface area contributed by atoms with Crippen molar-refractivity contribution in [1.82, 2.24) is 15.5 Å². The van der Waals surface area contributed by atoms with E-state index in [9.17, 15) is 18.3 Å². The summed E-state index contributed by atoms with van der Waals surface area (Å²) in [6.07, 6.45) is 1.05. The summed E-state index contributed by atoms with van der Waals surface area (Å²) in [6, 6.07) is 11.7. The normalized spacial score (nSPS) is 12.4. The van der Waals surface area contributed by atoms with Crippen LogP contribution in [0.25, 0.3) is 11.5 Å². The average Bonchev–Trinajstić information content (AvgIpc) is 3.15. The first-order valence-electron chi connectivity index (χ1n) is 8.34. The molecule has 2 aromatic carbocycles. The molecule has 9 nitrogen and oxygen atoms in total. The Bertz CT molecular complexity index is 1100. The summed E-state index contributed by atoms with van der Waals surface area (Å²) in [6.45, 7) is -0.446. The molecule has 3 N–H and O–H groups in total. The van der Waals surface area contributed by atoms with Crippen LogP contribution in [0.3, 0.4) is 0 Å². The van der Waals surface area contributed by atoms with Crippen molar-refractivity contribution >= 4 is 33.2 Å². The van der Waals surface area contributed by atoms with Crippen LogP contribution in [0.2, 0.25) is 5.02 Å². The van der Waals surface area contributed by atoms with Gasteiger partial charge in [-0.2, -0.15) is 0 Å². The van der Waals surface area contributed by atoms with Gasteiger partial charge in [-0.15, -0.1) is 10.2 Å². The molecule has 152 valence electrons. The Labute approximate surface area is 171 Å². The lowest BCUT2D eigenvalue weighted by Crippen LogP contribution is -2.31. The van der Waals surface area contributed by atoms with Crippen LogP contribution in [0, 0.1) is 0 Å². The molecule has 0 fully saturated rings. The van der Waals surface area contributed by atoms with Crippen molar-refractivity contribution in [2.45, 2.75) is 6.04 Å². The number of nitrogens with one attached hydrogen (secondary N) is 2. The molecule has 1 aromatic heterocycles. The van der Waals surface area contributed by atoms with Crippen LogP contribution >= 0.6 is 11.6 Å². The molecule has 0 aliphatic rings. The van der Waals surface area contributed by atoms with Crippen LogP contribution in [0.1, 0.15) is 22.3 Å². The van der Waals surface area contributed by atoms with Crippen LogP contribution in [0.15, 0.2) is 52.9 Å². The standard InChI is InChI=1S/C18H17ClN4O5S/c1-29(26,27)23-14-8-4-12(5-9-14)17-21-22-18(28-17)15(10-24)20-16(25)11-2-6-13(19)7-3-11/h2-9,15,23-24H,10H2,1H3,(H,20,25)/t15-/m0/s1. The van der Waals surface area contributed by atoms with Crippen molar-refractivity contribution in [1.29, 1.82) is 0 Å². The maximum Gasteiger partial charge on any atom is 0.251 e. The van der Waals surface area contributed by atoms with E-state index in [2.05, 4.69) is 20.2 Å². The molecule has 1 heterocycles. The number of sulfonamides is 1. The molecule has 0 aliphatic carbocycles. The van der Waals surface area contributed by atoms with Gasteiger partial charge in [0.15, 0.2) is 0 Å². The van der Waals surface area contributed by atoms with Gasteiger partial charge in [0.05, 0.1) is 12.9 Å². The van der Waals surface area contributed by atoms with Crippen molar-refractivity contribution in [3.8, 4) is 11.5 Å². The van der Waals surface area contributed by atoms with Crippen molar-refractivity contribution < 1.29 is 22.7 Å². The van der Waals surface area contributed by atoms with Gasteiger partial charge < -0.3 is 14.8 Å². The Morgan fingerprint density at radius 1 is 1.14 bits per heavy atom. The Kier molecular flexibility index (Phi) is 6.16. The number of carbonyl (C=O) groups is 1. The first kappa shape index (κ1) is 20.8. The van der Waals surface area contributed by atoms with Crippen LogP contribution in [-0.4, -0.2) is 42.5 Å². The monoisotopic (exact) mass is 436 g/mol. The summed E-state index contributed by atoms with van der Waals surface area (Å²) in [5.74, 6) is -0.245. The van der Waals surface area contributed by atoms with Crippen LogP contribution in [0.5, 0.6) is 0 Å². The minimum absolute atomic E-state index is 0.0307. The van der Waals surface area contributed by atoms with Gasteiger partial charge in [-0.3, -0.25) is 9.52 Å². The molecule has 29 heavy (non-hydrogen) atoms. The number of anilines is 1. The first-order valence-corrected chi connectivity index (χ1v) is 10.6. The van der Waals surface area contributed by atoms with Gasteiger partial charge in [0.2, 0.25) is 21.8 Å². The average molecular weight is 437 g/mol. The Morgan fingerprint density at radius 3 is 2.38 bits per heavy atom. The van der Waals surface area contributed by atoms with E-state index >= 15 is 0 Å². The molecule has 0 aliphatic heterocycles. The van der Waals surface area contributed by atoms with Gasteiger partial charge in [-0.25, -0.2) is 8.42 Å². The zero-order chi connectivity index (χ0) is 21.0. The molecule has 0 unspecified atom stereocenters. The minimum atomic E-state index is -3.38. The summed E-state index contributed by atoms with van der Waals surface area (Å²) in [4.78, 5) is 12.3. The maximum atomic E-state index is 12.3. The summed E-state index contributed by atoms with van der Waals surface area (Å²) in [7, 11) is -3.38. The summed E-state index contributed by atoms with van der Waals surface area (Å²) in [5, 5.41) is 20.5. The third-order valence-corrected chi connectivity index (χ3v) is 4.63. The third kappa shape index (κ3) is 5.53. The number of hydrogen-bond donors (Lipinski definition) is 3. The molecule has 1 atom stereocenters. The van der Waals surface area contributed by atoms with Gasteiger partial charge in [-0.1, -0.05) is 11.6 Å². The Hall–Kier alpha value is -2.95. The highest BCUT2D eigenvalue weighted by Gasteiger charge is 2.21. The molecule has 0 radical (unpaired) electrons. The number of carbonyl (C=O) groups excluding carboxylic acids is 1. The molecule has 3 rings (SSSR count). The number of benzene rings is 2. The predicted octanol–water partition coefficient (Wildman–Crippen LogP) is 2.22. The van der Waals surface area contributed by atoms with Gasteiger partial charge in [-0.05, 0) is 48.5 Å². The molecule has 0 spiro atoms. The van der Waals surface area contributed by atoms with Gasteiger partial charge in [0.25, 0.3) is 5.91 Å². The fourth-order valence-corrected chi connectivity index (χ4v) is 3.11. The van der Waals surface area contributed by atoms with Crippen molar-refractivity contribution in [3.63, 3.8) is 0 Å². The highest BCUT2D eigenvalue weighted by atomic mass is 35.5. The topological polar surface area (TPSA) is 134 Å². The molecule has 0 bridgehead atoms. The van der Waals surface area contributed by atoms with Crippen LogP contribution in [-0.2, 0) is 10.0 Å². The number of rotatable bonds is 7. The first-order chi connectivity index (χ1) is 13.7. The second-order valence-corrected chi connectivity index (χ2v) is 8.30. The zero-order valence-corrected chi connectivity index (χ0v) is 16.7. The lowest BCUT2D eigenvalue weighted by Gasteiger charge is -2.12. The van der Waals surface area contributed by atoms with E-state index in [0.717, 1.165) is 6.26 Å². The van der Waals surface area contributed by atoms with E-state index in [4.69, 9.17) is 16.0 Å². The highest BCUT2D eigenvalue weighted by molar-refractivity contribution is 7.92. The summed E-state index contributed by atoms with van der Waals surface area (Å²) < 4.78 is 30.4. The molecule has 1 amide bonds. The Balaban J connectivity index is 1.73. The molecule has 0 saturated heterocycles. The molecular formula is C18H17ClN4O5S. The third-order valence-electron chi connectivity index (χ3n) is 3.77. The van der Waals surface area contributed by atoms with Crippen LogP contribution in [0.4, 0.5) is 5.69 Å². The van der Waals surface area contributed by atoms with Gasteiger partial charge in [0, 0.05) is 21.8 Å². The lowest BCUT2D eigenvalue weighted by molar-refractivity contribution is 0.0905. The number of aliphatic hydroxyl groups excluding tert-OH is 1. The van der Waals surface area contributed by atoms with E-state index in [1.807, 2.05) is 0 Å². The smallest absolute Gasteiger partial charge is 0.251 e. The molecule has 0 saturated carbocycles. The van der Waals surface area contributed by atoms with Gasteiger partial charge >= 0.3 is 0 Å². The van der Waals surface area contributed by atoms with E-state index in [0.29, 0.717) is 21.8 Å². The fourth-order valence-electron chi connectivity index (χ4n) is 2.42. The molecular weight excluding hydrogens is 420 g/mol. The lowest BCUT2D eigenvalue weighted by atomic mass is 10.2. The van der Waals surface area contributed by atoms with E-state index < -0.39 is 28.6 Å². The van der Waals surface area contributed by atoms with Crippen molar-refractivity contribution in [3.05, 3.63) is 65.0 Å². The number of aliphatic hydroxyl groups is 1. The highest BCUT2D eigenvalue weighted by Crippen LogP contribution is 2.23. The maximum absolute atomic E-state index is 12.3. The summed E-state index contributed by atoms with van der Waals surface area (Å²) >= 11 is 5.81. The second-order valence-electron chi connectivity index (χ2n) is 6.11. The summed E-state index contributed by atoms with van der Waals surface area (Å²) in [5.41, 5.74) is 1.30. The minimum Gasteiger partial charge on any atom is -0.418 e. The number of aromatic nitrogens is 2. The number of hydrogen-bond acceptors (Lipinski definition) is 7. The predicted molar refractivity (Wildman–Crippen MR) is 107 cm³/mol. The largest absolute Gasteiger partial charge is 0.418 e. The van der Waals surface area contributed by atoms with Crippen LogP contribution < -0.4 is 10.0 Å². The van der Waals surface area contributed by atoms with Crippen molar-refractivity contribution in [2.24, 2.45) is 0 Å². The fraction of sp³-hybridized carbons (Fsp3) is 0.167. The van der Waals surface area contributed by atoms with Crippen molar-refractivity contribution in [2.75, 3.05) is 17.6 Å². The van der Waals surface area contributed by atoms with Gasteiger partial charge in [0.1, 0.15) is 6.04 Å². The number of halogens is 1. The SMILES string of the molecule is CS(=O)(=O)Nc1ccc(-c2nnc([C@H](CO)NC(=O)c3ccc(Cl)cc3)o2)cc1. The number of amides is 1. The second kappa shape index (κ2) is 8.60. The Morgan fingerprint density at radius 2 is 1.79 bits per heavy atom. The zero-order valence-electron chi connectivity index (χ0n) is 15.2. The number of nitrogens with zero attached hydrogens (tertiary/aromatic N) is 2. The van der Waals surface area contributed by atoms with E-state index in [1.165, 1.54) is 0 Å². The molecule has 11 heteroatoms.